The van der Waals surface area contributed by atoms with Crippen LogP contribution in [-0.4, -0.2) is 0 Å². The van der Waals surface area contributed by atoms with E-state index in [4.69, 9.17) is 23.6 Å². The Balaban J connectivity index is 0.000000176. The van der Waals surface area contributed by atoms with Gasteiger partial charge in [-0.1, -0.05) is 145 Å². The first-order chi connectivity index (χ1) is 18.6. The third-order valence-corrected chi connectivity index (χ3v) is 16.4. The van der Waals surface area contributed by atoms with Crippen molar-refractivity contribution in [2.24, 2.45) is 0 Å². The van der Waals surface area contributed by atoms with Gasteiger partial charge >= 0.3 is 17.1 Å². The SMILES string of the molecule is S=P(c1ccccc1)(c1ccccc1)[c-]1cccc1.S=P(c1ccccc1)(c1ccccc1)[c-]1cccc1.[Fe+2]. The fourth-order valence-electron chi connectivity index (χ4n) is 4.59. The molecule has 0 bridgehead atoms. The molecule has 0 nitrogen and oxygen atoms in total. The van der Waals surface area contributed by atoms with E-state index >= 15 is 0 Å². The monoisotopic (exact) mass is 618 g/mol. The zero-order valence-electron chi connectivity index (χ0n) is 21.2. The summed E-state index contributed by atoms with van der Waals surface area (Å²) in [4.78, 5) is 0. The molecule has 0 heterocycles. The second-order valence-corrected chi connectivity index (χ2v) is 17.7. The van der Waals surface area contributed by atoms with E-state index in [1.807, 2.05) is 24.3 Å². The van der Waals surface area contributed by atoms with Crippen molar-refractivity contribution in [1.29, 1.82) is 0 Å². The van der Waals surface area contributed by atoms with Gasteiger partial charge in [0.2, 0.25) is 0 Å². The molecule has 0 atom stereocenters. The maximum atomic E-state index is 6.17. The molecule has 0 fully saturated rings. The van der Waals surface area contributed by atoms with Crippen molar-refractivity contribution in [2.75, 3.05) is 0 Å². The molecule has 0 amide bonds. The van der Waals surface area contributed by atoms with Gasteiger partial charge in [-0.3, -0.25) is 0 Å². The van der Waals surface area contributed by atoms with E-state index in [1.165, 1.54) is 31.8 Å². The summed E-state index contributed by atoms with van der Waals surface area (Å²) in [6.07, 6.45) is 0. The first-order valence-corrected chi connectivity index (χ1v) is 18.1. The summed E-state index contributed by atoms with van der Waals surface area (Å²) in [5.41, 5.74) is 0. The standard InChI is InChI=1S/2C17H14PS.Fe/c2*19-18(17-13-7-8-14-17,15-9-3-1-4-10-15)16-11-5-2-6-12-16;/h2*1-14H;/q2*-1;+2. The van der Waals surface area contributed by atoms with Gasteiger partial charge in [0.25, 0.3) is 0 Å². The summed E-state index contributed by atoms with van der Waals surface area (Å²) in [5.74, 6) is 0. The second kappa shape index (κ2) is 13.6. The number of benzene rings is 4. The molecule has 194 valence electrons. The van der Waals surface area contributed by atoms with Crippen LogP contribution in [0.3, 0.4) is 0 Å². The third kappa shape index (κ3) is 6.26. The van der Waals surface area contributed by atoms with Gasteiger partial charge in [0.15, 0.2) is 0 Å². The molecule has 0 aromatic heterocycles. The van der Waals surface area contributed by atoms with E-state index < -0.39 is 12.1 Å². The van der Waals surface area contributed by atoms with E-state index in [1.54, 1.807) is 0 Å². The summed E-state index contributed by atoms with van der Waals surface area (Å²) in [6.45, 7) is 0. The first-order valence-electron chi connectivity index (χ1n) is 12.5. The van der Waals surface area contributed by atoms with Gasteiger partial charge in [0.05, 0.1) is 0 Å². The first kappa shape index (κ1) is 29.4. The molecular weight excluding hydrogens is 590 g/mol. The Labute approximate surface area is 253 Å². The second-order valence-electron chi connectivity index (χ2n) is 8.85. The number of rotatable bonds is 6. The van der Waals surface area contributed by atoms with Gasteiger partial charge in [-0.15, -0.1) is 10.6 Å². The molecule has 0 aliphatic heterocycles. The molecule has 0 aliphatic rings. The van der Waals surface area contributed by atoms with Crippen molar-refractivity contribution in [3.05, 3.63) is 170 Å². The van der Waals surface area contributed by atoms with Crippen LogP contribution in [0, 0.1) is 0 Å². The predicted octanol–water partition coefficient (Wildman–Crippen LogP) is 6.32. The molecular formula is C34H28FeP2S2. The van der Waals surface area contributed by atoms with E-state index in [9.17, 15) is 0 Å². The van der Waals surface area contributed by atoms with E-state index in [-0.39, 0.29) is 17.1 Å². The van der Waals surface area contributed by atoms with Gasteiger partial charge in [0.1, 0.15) is 0 Å². The molecule has 0 unspecified atom stereocenters. The van der Waals surface area contributed by atoms with E-state index in [2.05, 4.69) is 146 Å². The Hall–Kier alpha value is -2.60. The number of hydrogen-bond donors (Lipinski definition) is 0. The third-order valence-electron chi connectivity index (χ3n) is 6.50. The molecule has 6 aromatic rings. The van der Waals surface area contributed by atoms with Crippen molar-refractivity contribution in [1.82, 2.24) is 0 Å². The molecule has 0 N–H and O–H groups in total. The topological polar surface area (TPSA) is 0 Å². The van der Waals surface area contributed by atoms with Crippen LogP contribution in [0.5, 0.6) is 0 Å². The summed E-state index contributed by atoms with van der Waals surface area (Å²) in [6, 6.07) is 55.1. The summed E-state index contributed by atoms with van der Waals surface area (Å²) in [7, 11) is 0. The Bertz CT molecular complexity index is 1420. The van der Waals surface area contributed by atoms with Crippen molar-refractivity contribution in [2.45, 2.75) is 0 Å². The maximum Gasteiger partial charge on any atom is 2.00 e. The van der Waals surface area contributed by atoms with Crippen LogP contribution >= 0.6 is 12.1 Å². The van der Waals surface area contributed by atoms with E-state index in [0.29, 0.717) is 0 Å². The molecule has 6 rings (SSSR count). The quantitative estimate of drug-likeness (QED) is 0.122. The molecule has 39 heavy (non-hydrogen) atoms. The predicted molar refractivity (Wildman–Crippen MR) is 176 cm³/mol. The zero-order chi connectivity index (χ0) is 26.3. The molecule has 0 saturated heterocycles. The molecule has 6 aromatic carbocycles. The minimum atomic E-state index is -1.90. The Morgan fingerprint density at radius 3 is 0.744 bits per heavy atom. The van der Waals surface area contributed by atoms with Gasteiger partial charge in [-0.2, -0.15) is 24.3 Å². The summed E-state index contributed by atoms with van der Waals surface area (Å²) >= 11 is 12.3. The normalized spacial score (nSPS) is 11.1. The molecule has 0 radical (unpaired) electrons. The van der Waals surface area contributed by atoms with Crippen LogP contribution < -0.4 is 31.8 Å². The maximum absolute atomic E-state index is 6.17. The Kier molecular flexibility index (Phi) is 10.3. The van der Waals surface area contributed by atoms with Crippen LogP contribution in [0.4, 0.5) is 0 Å². The van der Waals surface area contributed by atoms with Crippen molar-refractivity contribution >= 4 is 67.5 Å². The molecule has 0 saturated carbocycles. The Morgan fingerprint density at radius 1 is 0.333 bits per heavy atom. The van der Waals surface area contributed by atoms with Crippen LogP contribution in [0.2, 0.25) is 0 Å². The number of hydrogen-bond acceptors (Lipinski definition) is 2. The molecule has 0 aliphatic carbocycles. The Morgan fingerprint density at radius 2 is 0.538 bits per heavy atom. The zero-order valence-corrected chi connectivity index (χ0v) is 25.8. The minimum absolute atomic E-state index is 0. The van der Waals surface area contributed by atoms with Crippen molar-refractivity contribution < 1.29 is 17.1 Å². The van der Waals surface area contributed by atoms with Gasteiger partial charge < -0.3 is 0 Å². The largest absolute Gasteiger partial charge is 2.00 e. The summed E-state index contributed by atoms with van der Waals surface area (Å²) < 4.78 is 0. The minimum Gasteiger partial charge on any atom is -0.213 e. The molecule has 0 spiro atoms. The van der Waals surface area contributed by atoms with Crippen LogP contribution in [0.1, 0.15) is 0 Å². The smallest absolute Gasteiger partial charge is 0.213 e. The molecule has 5 heteroatoms. The van der Waals surface area contributed by atoms with E-state index in [0.717, 1.165) is 0 Å². The average Bonchev–Trinajstić information content (AvgIpc) is 3.75. The van der Waals surface area contributed by atoms with Crippen LogP contribution in [0.25, 0.3) is 0 Å². The van der Waals surface area contributed by atoms with Gasteiger partial charge in [-0.05, 0) is 33.3 Å². The van der Waals surface area contributed by atoms with Gasteiger partial charge in [0, 0.05) is 0 Å². The van der Waals surface area contributed by atoms with Crippen LogP contribution in [-0.2, 0) is 40.7 Å². The summed E-state index contributed by atoms with van der Waals surface area (Å²) in [5, 5.41) is 7.54. The fraction of sp³-hybridized carbons (Fsp3) is 0. The van der Waals surface area contributed by atoms with Crippen molar-refractivity contribution in [3.63, 3.8) is 0 Å². The van der Waals surface area contributed by atoms with Crippen molar-refractivity contribution in [3.8, 4) is 0 Å². The fourth-order valence-corrected chi connectivity index (χ4v) is 12.1. The average molecular weight is 619 g/mol. The van der Waals surface area contributed by atoms with Crippen LogP contribution in [0.15, 0.2) is 170 Å². The van der Waals surface area contributed by atoms with Gasteiger partial charge in [-0.25, -0.2) is 24.3 Å².